The van der Waals surface area contributed by atoms with Gasteiger partial charge < -0.3 is 10.2 Å². The lowest BCUT2D eigenvalue weighted by atomic mass is 9.93. The van der Waals surface area contributed by atoms with E-state index in [4.69, 9.17) is 0 Å². The predicted octanol–water partition coefficient (Wildman–Crippen LogP) is 3.98. The van der Waals surface area contributed by atoms with Crippen LogP contribution in [-0.4, -0.2) is 25.2 Å². The molecule has 1 aliphatic rings. The largest absolute Gasteiger partial charge is 0.365 e. The van der Waals surface area contributed by atoms with Crippen LogP contribution >= 0.6 is 0 Å². The van der Waals surface area contributed by atoms with Crippen molar-refractivity contribution in [3.63, 3.8) is 0 Å². The van der Waals surface area contributed by atoms with E-state index in [1.54, 1.807) is 12.1 Å². The van der Waals surface area contributed by atoms with Crippen LogP contribution in [0.15, 0.2) is 18.2 Å². The van der Waals surface area contributed by atoms with Gasteiger partial charge in [0.2, 0.25) is 0 Å². The molecule has 1 aromatic rings. The fourth-order valence-corrected chi connectivity index (χ4v) is 3.33. The summed E-state index contributed by atoms with van der Waals surface area (Å²) in [6.45, 7) is 13.0. The first-order valence-electron chi connectivity index (χ1n) is 8.14. The van der Waals surface area contributed by atoms with Crippen LogP contribution in [0.25, 0.3) is 0 Å². The molecule has 0 aliphatic carbocycles. The number of nitrogens with one attached hydrogen (secondary N) is 1. The molecular weight excluding hydrogens is 263 g/mol. The van der Waals surface area contributed by atoms with Crippen molar-refractivity contribution in [2.24, 2.45) is 11.8 Å². The summed E-state index contributed by atoms with van der Waals surface area (Å²) in [5.74, 6) is 1.07. The van der Waals surface area contributed by atoms with Gasteiger partial charge in [0, 0.05) is 30.9 Å². The van der Waals surface area contributed by atoms with Crippen LogP contribution < -0.4 is 10.2 Å². The molecule has 0 amide bonds. The highest BCUT2D eigenvalue weighted by Gasteiger charge is 2.31. The van der Waals surface area contributed by atoms with Gasteiger partial charge in [-0.3, -0.25) is 0 Å². The molecule has 118 valence electrons. The summed E-state index contributed by atoms with van der Waals surface area (Å²) in [6, 6.07) is 6.05. The monoisotopic (exact) mass is 292 g/mol. The molecule has 21 heavy (non-hydrogen) atoms. The highest BCUT2D eigenvalue weighted by molar-refractivity contribution is 5.55. The Hall–Kier alpha value is -1.09. The van der Waals surface area contributed by atoms with Crippen LogP contribution in [0.1, 0.15) is 39.7 Å². The molecule has 2 atom stereocenters. The van der Waals surface area contributed by atoms with Gasteiger partial charge in [-0.25, -0.2) is 4.39 Å². The molecule has 2 nitrogen and oxygen atoms in total. The highest BCUT2D eigenvalue weighted by Crippen LogP contribution is 2.28. The normalized spacial score (nSPS) is 23.1. The van der Waals surface area contributed by atoms with E-state index in [-0.39, 0.29) is 5.82 Å². The molecule has 1 heterocycles. The first-order chi connectivity index (χ1) is 9.88. The van der Waals surface area contributed by atoms with E-state index in [1.807, 2.05) is 6.07 Å². The molecule has 1 fully saturated rings. The number of hydrogen-bond acceptors (Lipinski definition) is 2. The van der Waals surface area contributed by atoms with Crippen molar-refractivity contribution in [3.8, 4) is 0 Å². The molecule has 0 aromatic heterocycles. The molecule has 1 saturated heterocycles. The maximum atomic E-state index is 13.7. The molecule has 2 rings (SSSR count). The van der Waals surface area contributed by atoms with Gasteiger partial charge in [-0.1, -0.05) is 33.8 Å². The van der Waals surface area contributed by atoms with Crippen LogP contribution in [0.2, 0.25) is 0 Å². The minimum absolute atomic E-state index is 0.142. The summed E-state index contributed by atoms with van der Waals surface area (Å²) < 4.78 is 13.7. The number of halogens is 1. The van der Waals surface area contributed by atoms with Gasteiger partial charge >= 0.3 is 0 Å². The third-order valence-electron chi connectivity index (χ3n) is 4.44. The second-order valence-electron chi connectivity index (χ2n) is 7.13. The smallest absolute Gasteiger partial charge is 0.125 e. The predicted molar refractivity (Wildman–Crippen MR) is 88.4 cm³/mol. The number of anilines is 1. The number of hydrogen-bond donors (Lipinski definition) is 1. The SMILES string of the molecule is Cc1ccc(F)cc1N1CC(CC(C)C)NCC1C(C)C. The molecule has 0 saturated carbocycles. The first-order valence-corrected chi connectivity index (χ1v) is 8.14. The van der Waals surface area contributed by atoms with E-state index in [0.717, 1.165) is 30.8 Å². The van der Waals surface area contributed by atoms with Crippen molar-refractivity contribution >= 4 is 5.69 Å². The lowest BCUT2D eigenvalue weighted by Crippen LogP contribution is -2.59. The number of rotatable bonds is 4. The standard InChI is InChI=1S/C18H29FN2/c1-12(2)8-16-11-21(18(10-20-16)13(3)4)17-9-15(19)7-6-14(17)5/h6-7,9,12-13,16,18,20H,8,10-11H2,1-5H3. The van der Waals surface area contributed by atoms with Gasteiger partial charge in [0.15, 0.2) is 0 Å². The van der Waals surface area contributed by atoms with Crippen molar-refractivity contribution in [2.75, 3.05) is 18.0 Å². The second-order valence-corrected chi connectivity index (χ2v) is 7.13. The zero-order valence-electron chi connectivity index (χ0n) is 14.0. The number of piperazine rings is 1. The Bertz CT molecular complexity index is 470. The molecule has 0 spiro atoms. The third kappa shape index (κ3) is 3.97. The molecule has 0 radical (unpaired) electrons. The minimum atomic E-state index is -0.142. The molecule has 0 bridgehead atoms. The summed E-state index contributed by atoms with van der Waals surface area (Å²) in [6.07, 6.45) is 1.16. The Labute approximate surface area is 128 Å². The second kappa shape index (κ2) is 6.78. The summed E-state index contributed by atoms with van der Waals surface area (Å²) in [7, 11) is 0. The van der Waals surface area contributed by atoms with Crippen molar-refractivity contribution in [1.82, 2.24) is 5.32 Å². The van der Waals surface area contributed by atoms with Crippen LogP contribution in [0.5, 0.6) is 0 Å². The van der Waals surface area contributed by atoms with Crippen molar-refractivity contribution in [2.45, 2.75) is 53.1 Å². The van der Waals surface area contributed by atoms with E-state index in [0.29, 0.717) is 23.9 Å². The first kappa shape index (κ1) is 16.3. The zero-order chi connectivity index (χ0) is 15.6. The molecular formula is C18H29FN2. The highest BCUT2D eigenvalue weighted by atomic mass is 19.1. The summed E-state index contributed by atoms with van der Waals surface area (Å²) in [5.41, 5.74) is 2.22. The van der Waals surface area contributed by atoms with Crippen molar-refractivity contribution < 1.29 is 4.39 Å². The molecule has 1 aliphatic heterocycles. The molecule has 2 unspecified atom stereocenters. The van der Waals surface area contributed by atoms with Gasteiger partial charge in [0.1, 0.15) is 5.82 Å². The average molecular weight is 292 g/mol. The van der Waals surface area contributed by atoms with Gasteiger partial charge in [-0.05, 0) is 42.9 Å². The number of aryl methyl sites for hydroxylation is 1. The molecule has 1 aromatic carbocycles. The lowest BCUT2D eigenvalue weighted by molar-refractivity contribution is 0.310. The maximum Gasteiger partial charge on any atom is 0.125 e. The van der Waals surface area contributed by atoms with E-state index in [2.05, 4.69) is 44.8 Å². The Morgan fingerprint density at radius 1 is 1.29 bits per heavy atom. The fourth-order valence-electron chi connectivity index (χ4n) is 3.33. The Kier molecular flexibility index (Phi) is 5.26. The molecule has 3 heteroatoms. The van der Waals surface area contributed by atoms with Crippen LogP contribution in [0, 0.1) is 24.6 Å². The van der Waals surface area contributed by atoms with Gasteiger partial charge in [-0.15, -0.1) is 0 Å². The maximum absolute atomic E-state index is 13.7. The van der Waals surface area contributed by atoms with Crippen molar-refractivity contribution in [1.29, 1.82) is 0 Å². The van der Waals surface area contributed by atoms with Gasteiger partial charge in [0.25, 0.3) is 0 Å². The quantitative estimate of drug-likeness (QED) is 0.903. The average Bonchev–Trinajstić information content (AvgIpc) is 2.40. The van der Waals surface area contributed by atoms with Crippen LogP contribution in [-0.2, 0) is 0 Å². The lowest BCUT2D eigenvalue weighted by Gasteiger charge is -2.45. The zero-order valence-corrected chi connectivity index (χ0v) is 14.0. The van der Waals surface area contributed by atoms with Gasteiger partial charge in [-0.2, -0.15) is 0 Å². The third-order valence-corrected chi connectivity index (χ3v) is 4.44. The van der Waals surface area contributed by atoms with Gasteiger partial charge in [0.05, 0.1) is 0 Å². The minimum Gasteiger partial charge on any atom is -0.365 e. The summed E-state index contributed by atoms with van der Waals surface area (Å²) >= 11 is 0. The number of nitrogens with zero attached hydrogens (tertiary/aromatic N) is 1. The van der Waals surface area contributed by atoms with Crippen molar-refractivity contribution in [3.05, 3.63) is 29.6 Å². The topological polar surface area (TPSA) is 15.3 Å². The Balaban J connectivity index is 2.27. The van der Waals surface area contributed by atoms with E-state index in [1.165, 1.54) is 0 Å². The van der Waals surface area contributed by atoms with Crippen LogP contribution in [0.4, 0.5) is 10.1 Å². The summed E-state index contributed by atoms with van der Waals surface area (Å²) in [5, 5.41) is 3.68. The number of benzene rings is 1. The summed E-state index contributed by atoms with van der Waals surface area (Å²) in [4.78, 5) is 2.42. The fraction of sp³-hybridized carbons (Fsp3) is 0.667. The van der Waals surface area contributed by atoms with E-state index in [9.17, 15) is 4.39 Å². The Morgan fingerprint density at radius 3 is 2.62 bits per heavy atom. The molecule has 1 N–H and O–H groups in total. The van der Waals surface area contributed by atoms with E-state index < -0.39 is 0 Å². The van der Waals surface area contributed by atoms with E-state index >= 15 is 0 Å². The Morgan fingerprint density at radius 2 is 2.00 bits per heavy atom. The van der Waals surface area contributed by atoms with Crippen LogP contribution in [0.3, 0.4) is 0 Å².